The van der Waals surface area contributed by atoms with Crippen LogP contribution < -0.4 is 16.0 Å². The fourth-order valence-electron chi connectivity index (χ4n) is 4.43. The Bertz CT molecular complexity index is 1380. The monoisotopic (exact) mass is 508 g/mol. The van der Waals surface area contributed by atoms with Gasteiger partial charge in [0, 0.05) is 67.4 Å². The zero-order valence-electron chi connectivity index (χ0n) is 20.0. The molecule has 1 fully saturated rings. The number of hydrogen-bond acceptors (Lipinski definition) is 5. The molecule has 1 aliphatic heterocycles. The van der Waals surface area contributed by atoms with Gasteiger partial charge in [0.05, 0.1) is 12.1 Å². The quantitative estimate of drug-likeness (QED) is 0.291. The second kappa shape index (κ2) is 10.6. The molecular weight excluding hydrogens is 481 g/mol. The van der Waals surface area contributed by atoms with Crippen molar-refractivity contribution in [3.8, 4) is 11.1 Å². The number of hydrogen-bond donors (Lipinski definition) is 4. The van der Waals surface area contributed by atoms with E-state index in [0.717, 1.165) is 47.0 Å². The molecule has 4 aromatic rings. The summed E-state index contributed by atoms with van der Waals surface area (Å²) in [4.78, 5) is 21.9. The Labute approximate surface area is 212 Å². The number of anilines is 2. The number of amides is 1. The van der Waals surface area contributed by atoms with Crippen LogP contribution in [0.15, 0.2) is 67.0 Å². The Morgan fingerprint density at radius 2 is 1.73 bits per heavy atom. The molecule has 0 bridgehead atoms. The van der Waals surface area contributed by atoms with Crippen molar-refractivity contribution in [3.05, 3.63) is 78.1 Å². The summed E-state index contributed by atoms with van der Waals surface area (Å²) in [5, 5.41) is 9.79. The number of carbonyl (C=O) groups is 1. The van der Waals surface area contributed by atoms with Crippen molar-refractivity contribution in [2.45, 2.75) is 12.7 Å². The summed E-state index contributed by atoms with van der Waals surface area (Å²) in [6, 6.07) is 15.5. The molecule has 2 aromatic carbocycles. The summed E-state index contributed by atoms with van der Waals surface area (Å²) in [5.74, 6) is -0.436. The van der Waals surface area contributed by atoms with E-state index in [9.17, 15) is 18.0 Å². The Hall–Kier alpha value is -3.89. The van der Waals surface area contributed by atoms with E-state index < -0.39 is 17.6 Å². The largest absolute Gasteiger partial charge is 0.416 e. The van der Waals surface area contributed by atoms with Crippen LogP contribution in [0.3, 0.4) is 0 Å². The molecule has 0 radical (unpaired) electrons. The van der Waals surface area contributed by atoms with Crippen molar-refractivity contribution in [1.29, 1.82) is 0 Å². The van der Waals surface area contributed by atoms with Crippen molar-refractivity contribution in [2.24, 2.45) is 0 Å². The number of piperazine rings is 1. The summed E-state index contributed by atoms with van der Waals surface area (Å²) in [6.07, 6.45) is -0.879. The van der Waals surface area contributed by atoms with Crippen LogP contribution in [0, 0.1) is 0 Å². The van der Waals surface area contributed by atoms with Gasteiger partial charge < -0.3 is 20.9 Å². The molecule has 4 N–H and O–H groups in total. The first-order valence-corrected chi connectivity index (χ1v) is 12.1. The molecule has 7 nitrogen and oxygen atoms in total. The Balaban J connectivity index is 1.20. The predicted octanol–water partition coefficient (Wildman–Crippen LogP) is 4.70. The minimum Gasteiger partial charge on any atom is -0.376 e. The van der Waals surface area contributed by atoms with Gasteiger partial charge in [0.25, 0.3) is 0 Å². The number of halogens is 3. The molecule has 0 unspecified atom stereocenters. The van der Waals surface area contributed by atoms with Crippen molar-refractivity contribution >= 4 is 28.3 Å². The zero-order valence-corrected chi connectivity index (χ0v) is 20.0. The second-order valence-corrected chi connectivity index (χ2v) is 9.01. The van der Waals surface area contributed by atoms with Crippen LogP contribution >= 0.6 is 0 Å². The maximum absolute atomic E-state index is 13.7. The van der Waals surface area contributed by atoms with Gasteiger partial charge >= 0.3 is 6.18 Å². The maximum atomic E-state index is 13.7. The third-order valence-corrected chi connectivity index (χ3v) is 6.37. The molecular formula is C27H27F3N6O. The average molecular weight is 509 g/mol. The summed E-state index contributed by atoms with van der Waals surface area (Å²) in [5.41, 5.74) is 3.09. The van der Waals surface area contributed by atoms with Crippen LogP contribution in [-0.4, -0.2) is 53.5 Å². The highest BCUT2D eigenvalue weighted by Crippen LogP contribution is 2.34. The number of nitrogens with zero attached hydrogens (tertiary/aromatic N) is 2. The highest BCUT2D eigenvalue weighted by Gasteiger charge is 2.34. The number of alkyl halides is 3. The van der Waals surface area contributed by atoms with E-state index in [-0.39, 0.29) is 24.3 Å². The number of rotatable bonds is 7. The number of aromatic nitrogens is 2. The fourth-order valence-corrected chi connectivity index (χ4v) is 4.43. The van der Waals surface area contributed by atoms with Crippen LogP contribution in [0.4, 0.5) is 24.5 Å². The highest BCUT2D eigenvalue weighted by molar-refractivity contribution is 5.94. The van der Waals surface area contributed by atoms with Gasteiger partial charge in [-0.15, -0.1) is 0 Å². The van der Waals surface area contributed by atoms with Crippen molar-refractivity contribution in [3.63, 3.8) is 0 Å². The van der Waals surface area contributed by atoms with Gasteiger partial charge in [-0.25, -0.2) is 4.98 Å². The van der Waals surface area contributed by atoms with E-state index >= 15 is 0 Å². The smallest absolute Gasteiger partial charge is 0.376 e. The molecule has 0 spiro atoms. The maximum Gasteiger partial charge on any atom is 0.416 e. The highest BCUT2D eigenvalue weighted by atomic mass is 19.4. The minimum absolute atomic E-state index is 0.0832. The molecule has 1 saturated heterocycles. The third-order valence-electron chi connectivity index (χ3n) is 6.37. The number of H-pyrrole nitrogens is 1. The van der Waals surface area contributed by atoms with E-state index in [1.165, 1.54) is 12.1 Å². The number of fused-ring (bicyclic) bond motifs is 1. The lowest BCUT2D eigenvalue weighted by Crippen LogP contribution is -2.43. The molecule has 1 amide bonds. The lowest BCUT2D eigenvalue weighted by atomic mass is 10.0. The number of nitrogens with one attached hydrogen (secondary N) is 4. The van der Waals surface area contributed by atoms with Gasteiger partial charge in [-0.1, -0.05) is 18.2 Å². The molecule has 1 aliphatic rings. The van der Waals surface area contributed by atoms with Gasteiger partial charge in [-0.05, 0) is 47.5 Å². The first kappa shape index (κ1) is 24.8. The average Bonchev–Trinajstić information content (AvgIpc) is 3.37. The van der Waals surface area contributed by atoms with Crippen molar-refractivity contribution < 1.29 is 18.0 Å². The van der Waals surface area contributed by atoms with Gasteiger partial charge in [0.15, 0.2) is 0 Å². The number of carbonyl (C=O) groups excluding carboxylic acids is 1. The molecule has 192 valence electrons. The SMILES string of the molecule is O=C(CNc1ccc(-c2cnc3[nH]ccc3c2)cc1)Nc1ccc(CN2CCNCC2)c(C(F)(F)F)c1. The van der Waals surface area contributed by atoms with Gasteiger partial charge in [0.2, 0.25) is 5.91 Å². The van der Waals surface area contributed by atoms with E-state index in [4.69, 9.17) is 0 Å². The molecule has 0 atom stereocenters. The Morgan fingerprint density at radius 1 is 0.973 bits per heavy atom. The van der Waals surface area contributed by atoms with E-state index in [0.29, 0.717) is 13.1 Å². The topological polar surface area (TPSA) is 85.1 Å². The first-order valence-electron chi connectivity index (χ1n) is 12.1. The number of aromatic amines is 1. The molecule has 5 rings (SSSR count). The zero-order chi connectivity index (χ0) is 25.8. The van der Waals surface area contributed by atoms with E-state index in [1.807, 2.05) is 47.5 Å². The number of benzene rings is 2. The summed E-state index contributed by atoms with van der Waals surface area (Å²) < 4.78 is 41.2. The van der Waals surface area contributed by atoms with Crippen molar-refractivity contribution in [2.75, 3.05) is 43.4 Å². The van der Waals surface area contributed by atoms with Gasteiger partial charge in [-0.2, -0.15) is 13.2 Å². The molecule has 3 heterocycles. The lowest BCUT2D eigenvalue weighted by Gasteiger charge is -2.28. The number of pyridine rings is 1. The van der Waals surface area contributed by atoms with E-state index in [1.54, 1.807) is 6.20 Å². The molecule has 37 heavy (non-hydrogen) atoms. The fraction of sp³-hybridized carbons (Fsp3) is 0.259. The van der Waals surface area contributed by atoms with Gasteiger partial charge in [-0.3, -0.25) is 9.69 Å². The molecule has 0 aliphatic carbocycles. The van der Waals surface area contributed by atoms with Crippen LogP contribution in [-0.2, 0) is 17.5 Å². The Morgan fingerprint density at radius 3 is 2.49 bits per heavy atom. The van der Waals surface area contributed by atoms with Crippen molar-refractivity contribution in [1.82, 2.24) is 20.2 Å². The standard InChI is InChI=1S/C27H27F3N6O/c28-27(29,30)24-14-23(6-3-20(24)17-36-11-9-31-10-12-36)35-25(37)16-33-22-4-1-18(2-5-22)21-13-19-7-8-32-26(19)34-15-21/h1-8,13-15,31,33H,9-12,16-17H2,(H,32,34)(H,35,37). The third kappa shape index (κ3) is 6.10. The summed E-state index contributed by atoms with van der Waals surface area (Å²) >= 11 is 0. The lowest BCUT2D eigenvalue weighted by molar-refractivity contribution is -0.138. The summed E-state index contributed by atoms with van der Waals surface area (Å²) in [6.45, 7) is 3.04. The van der Waals surface area contributed by atoms with Crippen LogP contribution in [0.1, 0.15) is 11.1 Å². The van der Waals surface area contributed by atoms with Crippen LogP contribution in [0.25, 0.3) is 22.2 Å². The second-order valence-electron chi connectivity index (χ2n) is 9.01. The summed E-state index contributed by atoms with van der Waals surface area (Å²) in [7, 11) is 0. The normalized spacial score (nSPS) is 14.6. The van der Waals surface area contributed by atoms with Gasteiger partial charge in [0.1, 0.15) is 5.65 Å². The molecule has 0 saturated carbocycles. The Kier molecular flexibility index (Phi) is 7.11. The predicted molar refractivity (Wildman–Crippen MR) is 138 cm³/mol. The first-order chi connectivity index (χ1) is 17.8. The molecule has 2 aromatic heterocycles. The van der Waals surface area contributed by atoms with Crippen LogP contribution in [0.2, 0.25) is 0 Å². The minimum atomic E-state index is -4.51. The van der Waals surface area contributed by atoms with E-state index in [2.05, 4.69) is 25.9 Å². The molecule has 10 heteroatoms. The van der Waals surface area contributed by atoms with Crippen LogP contribution in [0.5, 0.6) is 0 Å².